The monoisotopic (exact) mass is 390 g/mol. The Balaban J connectivity index is 2.03. The van der Waals surface area contributed by atoms with Crippen molar-refractivity contribution in [1.29, 1.82) is 0 Å². The fourth-order valence-corrected chi connectivity index (χ4v) is 4.44. The van der Waals surface area contributed by atoms with E-state index >= 15 is 0 Å². The van der Waals surface area contributed by atoms with Gasteiger partial charge in [-0.1, -0.05) is 48.8 Å². The molecule has 1 radical (unpaired) electrons. The SMILES string of the molecule is [CH2]c1nc(C(C)C)c(Sc2cc(Cl)cc(Cl)c2)n1Cc1ccncc1. The predicted octanol–water partition coefficient (Wildman–Crippen LogP) is 6.09. The molecule has 3 aromatic rings. The minimum Gasteiger partial charge on any atom is -0.318 e. The van der Waals surface area contributed by atoms with Crippen molar-refractivity contribution in [2.75, 3.05) is 0 Å². The number of pyridine rings is 1. The number of hydrogen-bond donors (Lipinski definition) is 0. The summed E-state index contributed by atoms with van der Waals surface area (Å²) in [6.07, 6.45) is 3.59. The largest absolute Gasteiger partial charge is 0.318 e. The molecule has 25 heavy (non-hydrogen) atoms. The summed E-state index contributed by atoms with van der Waals surface area (Å²) in [5.74, 6) is 1.03. The van der Waals surface area contributed by atoms with Gasteiger partial charge in [0.25, 0.3) is 0 Å². The number of benzene rings is 1. The molecular weight excluding hydrogens is 373 g/mol. The summed E-state index contributed by atoms with van der Waals surface area (Å²) in [6.45, 7) is 9.09. The third-order valence-corrected chi connectivity index (χ3v) is 5.24. The molecule has 0 amide bonds. The highest BCUT2D eigenvalue weighted by atomic mass is 35.5. The van der Waals surface area contributed by atoms with Crippen LogP contribution in [0.5, 0.6) is 0 Å². The van der Waals surface area contributed by atoms with E-state index in [-0.39, 0.29) is 5.92 Å². The number of nitrogens with zero attached hydrogens (tertiary/aromatic N) is 3. The van der Waals surface area contributed by atoms with E-state index in [0.29, 0.717) is 16.6 Å². The normalized spacial score (nSPS) is 11.3. The van der Waals surface area contributed by atoms with Gasteiger partial charge in [-0.15, -0.1) is 0 Å². The molecule has 129 valence electrons. The molecule has 0 atom stereocenters. The van der Waals surface area contributed by atoms with Crippen LogP contribution in [0.25, 0.3) is 0 Å². The number of rotatable bonds is 5. The summed E-state index contributed by atoms with van der Waals surface area (Å²) in [6, 6.07) is 9.56. The molecule has 0 saturated carbocycles. The van der Waals surface area contributed by atoms with Crippen LogP contribution >= 0.6 is 35.0 Å². The van der Waals surface area contributed by atoms with Crippen molar-refractivity contribution in [2.45, 2.75) is 36.2 Å². The van der Waals surface area contributed by atoms with Gasteiger partial charge >= 0.3 is 0 Å². The lowest BCUT2D eigenvalue weighted by Gasteiger charge is -2.13. The summed E-state index contributed by atoms with van der Waals surface area (Å²) in [4.78, 5) is 9.76. The molecule has 6 heteroatoms. The summed E-state index contributed by atoms with van der Waals surface area (Å²) in [7, 11) is 0. The molecule has 0 saturated heterocycles. The second-order valence-electron chi connectivity index (χ2n) is 6.02. The lowest BCUT2D eigenvalue weighted by molar-refractivity contribution is 0.698. The molecule has 1 aromatic carbocycles. The topological polar surface area (TPSA) is 30.7 Å². The predicted molar refractivity (Wildman–Crippen MR) is 105 cm³/mol. The van der Waals surface area contributed by atoms with Crippen LogP contribution in [0.2, 0.25) is 10.0 Å². The molecule has 2 aromatic heterocycles. The summed E-state index contributed by atoms with van der Waals surface area (Å²) < 4.78 is 2.13. The molecule has 3 nitrogen and oxygen atoms in total. The van der Waals surface area contributed by atoms with Crippen molar-refractivity contribution in [3.63, 3.8) is 0 Å². The van der Waals surface area contributed by atoms with E-state index in [0.717, 1.165) is 27.0 Å². The third-order valence-electron chi connectivity index (χ3n) is 3.71. The highest BCUT2D eigenvalue weighted by Crippen LogP contribution is 2.37. The Bertz CT molecular complexity index is 856. The number of imidazole rings is 1. The Kier molecular flexibility index (Phi) is 5.72. The average molecular weight is 391 g/mol. The molecule has 2 heterocycles. The fourth-order valence-electron chi connectivity index (χ4n) is 2.52. The van der Waals surface area contributed by atoms with E-state index in [4.69, 9.17) is 28.2 Å². The van der Waals surface area contributed by atoms with Gasteiger partial charge in [-0.05, 0) is 41.8 Å². The molecule has 0 spiro atoms. The molecule has 0 bridgehead atoms. The molecule has 3 rings (SSSR count). The van der Waals surface area contributed by atoms with Crippen molar-refractivity contribution in [2.24, 2.45) is 0 Å². The molecule has 0 aliphatic rings. The highest BCUT2D eigenvalue weighted by Gasteiger charge is 2.19. The Hall–Kier alpha value is -1.49. The minimum absolute atomic E-state index is 0.288. The maximum Gasteiger partial charge on any atom is 0.110 e. The van der Waals surface area contributed by atoms with Crippen molar-refractivity contribution in [1.82, 2.24) is 14.5 Å². The zero-order valence-corrected chi connectivity index (χ0v) is 16.4. The van der Waals surface area contributed by atoms with Gasteiger partial charge in [-0.25, -0.2) is 4.98 Å². The van der Waals surface area contributed by atoms with E-state index in [9.17, 15) is 0 Å². The minimum atomic E-state index is 0.288. The molecular formula is C19H18Cl2N3S. The van der Waals surface area contributed by atoms with Gasteiger partial charge in [0.2, 0.25) is 0 Å². The lowest BCUT2D eigenvalue weighted by atomic mass is 10.1. The number of halogens is 2. The summed E-state index contributed by atoms with van der Waals surface area (Å²) in [5, 5.41) is 2.31. The first-order valence-electron chi connectivity index (χ1n) is 7.89. The van der Waals surface area contributed by atoms with Gasteiger partial charge in [-0.3, -0.25) is 4.98 Å². The molecule has 0 N–H and O–H groups in total. The Morgan fingerprint density at radius 3 is 2.36 bits per heavy atom. The molecule has 0 aliphatic heterocycles. The van der Waals surface area contributed by atoms with Crippen LogP contribution in [0.3, 0.4) is 0 Å². The molecule has 0 fully saturated rings. The average Bonchev–Trinajstić information content (AvgIpc) is 2.84. The third kappa shape index (κ3) is 4.38. The maximum absolute atomic E-state index is 6.15. The maximum atomic E-state index is 6.15. The van der Waals surface area contributed by atoms with Gasteiger partial charge < -0.3 is 4.57 Å². The van der Waals surface area contributed by atoms with Crippen LogP contribution in [0.1, 0.15) is 36.8 Å². The van der Waals surface area contributed by atoms with Gasteiger partial charge in [0.05, 0.1) is 5.69 Å². The Labute approximate surface area is 162 Å². The van der Waals surface area contributed by atoms with Crippen LogP contribution in [0.4, 0.5) is 0 Å². The van der Waals surface area contributed by atoms with E-state index in [1.165, 1.54) is 0 Å². The van der Waals surface area contributed by atoms with Crippen LogP contribution in [0.15, 0.2) is 52.6 Å². The Morgan fingerprint density at radius 2 is 1.76 bits per heavy atom. The molecule has 0 unspecified atom stereocenters. The summed E-state index contributed by atoms with van der Waals surface area (Å²) >= 11 is 13.9. The van der Waals surface area contributed by atoms with Gasteiger partial charge in [0.1, 0.15) is 10.9 Å². The first-order valence-corrected chi connectivity index (χ1v) is 9.46. The van der Waals surface area contributed by atoms with Crippen LogP contribution in [0, 0.1) is 6.92 Å². The quantitative estimate of drug-likeness (QED) is 0.527. The van der Waals surface area contributed by atoms with Crippen LogP contribution < -0.4 is 0 Å². The molecule has 0 aliphatic carbocycles. The van der Waals surface area contributed by atoms with E-state index < -0.39 is 0 Å². The first kappa shape index (κ1) is 18.3. The van der Waals surface area contributed by atoms with Crippen LogP contribution in [-0.2, 0) is 6.54 Å². The van der Waals surface area contributed by atoms with Crippen molar-refractivity contribution in [3.05, 3.63) is 76.8 Å². The lowest BCUT2D eigenvalue weighted by Crippen LogP contribution is -2.04. The zero-order chi connectivity index (χ0) is 18.0. The standard InChI is InChI=1S/C19H18Cl2N3S/c1-12(2)18-19(25-17-9-15(20)8-16(21)10-17)24(13(3)23-18)11-14-4-6-22-7-5-14/h4-10,12H,3,11H2,1-2H3. The van der Waals surface area contributed by atoms with Crippen molar-refractivity contribution < 1.29 is 0 Å². The van der Waals surface area contributed by atoms with Crippen LogP contribution in [-0.4, -0.2) is 14.5 Å². The highest BCUT2D eigenvalue weighted by molar-refractivity contribution is 7.99. The first-order chi connectivity index (χ1) is 11.9. The van der Waals surface area contributed by atoms with Crippen molar-refractivity contribution in [3.8, 4) is 0 Å². The van der Waals surface area contributed by atoms with Gasteiger partial charge in [0.15, 0.2) is 0 Å². The van der Waals surface area contributed by atoms with E-state index in [1.807, 2.05) is 24.3 Å². The fraction of sp³-hybridized carbons (Fsp3) is 0.211. The zero-order valence-electron chi connectivity index (χ0n) is 14.0. The van der Waals surface area contributed by atoms with E-state index in [2.05, 4.69) is 30.3 Å². The van der Waals surface area contributed by atoms with Gasteiger partial charge in [-0.2, -0.15) is 0 Å². The number of hydrogen-bond acceptors (Lipinski definition) is 3. The second-order valence-corrected chi connectivity index (χ2v) is 7.96. The Morgan fingerprint density at radius 1 is 1.12 bits per heavy atom. The number of aromatic nitrogens is 3. The smallest absolute Gasteiger partial charge is 0.110 e. The van der Waals surface area contributed by atoms with Crippen molar-refractivity contribution >= 4 is 35.0 Å². The van der Waals surface area contributed by atoms with E-state index in [1.54, 1.807) is 30.2 Å². The van der Waals surface area contributed by atoms with Gasteiger partial charge in [0, 0.05) is 40.8 Å². The summed E-state index contributed by atoms with van der Waals surface area (Å²) in [5.41, 5.74) is 2.18. The second kappa shape index (κ2) is 7.81.